The van der Waals surface area contributed by atoms with Crippen LogP contribution in [0.2, 0.25) is 10.1 Å². The highest BCUT2D eigenvalue weighted by atomic mass is 127. The quantitative estimate of drug-likeness (QED) is 0.0939. The molecule has 1 N–H and O–H groups in total. The summed E-state index contributed by atoms with van der Waals surface area (Å²) in [6.07, 6.45) is -2.30. The Bertz CT molecular complexity index is 1230. The summed E-state index contributed by atoms with van der Waals surface area (Å²) < 4.78 is 41.0. The van der Waals surface area contributed by atoms with Gasteiger partial charge in [0.2, 0.25) is 0 Å². The van der Waals surface area contributed by atoms with Crippen molar-refractivity contribution in [1.82, 2.24) is 0 Å². The van der Waals surface area contributed by atoms with Crippen molar-refractivity contribution < 1.29 is 22.7 Å². The fourth-order valence-corrected chi connectivity index (χ4v) is 15.5. The fraction of sp³-hybridized carbons (Fsp3) is 0.368. The fourth-order valence-electron chi connectivity index (χ4n) is 6.05. The second-order valence-electron chi connectivity index (χ2n) is 13.5. The molecule has 0 aliphatic rings. The lowest BCUT2D eigenvalue weighted by molar-refractivity contribution is 0.118. The third-order valence-electron chi connectivity index (χ3n) is 8.16. The number of benzene rings is 4. The smallest absolute Gasteiger partial charge is 0.261 e. The highest BCUT2D eigenvalue weighted by Gasteiger charge is 2.51. The van der Waals surface area contributed by atoms with Gasteiger partial charge in [0.1, 0.15) is 12.3 Å². The molecular formula is C38H49F2IO3Si2. The van der Waals surface area contributed by atoms with Gasteiger partial charge in [0, 0.05) is 4.43 Å². The molecule has 0 spiro atoms. The molecule has 0 aliphatic heterocycles. The number of rotatable bonds is 12. The molecule has 2 atom stereocenters. The average molecular weight is 775 g/mol. The van der Waals surface area contributed by atoms with E-state index in [9.17, 15) is 8.78 Å². The van der Waals surface area contributed by atoms with E-state index in [1.807, 2.05) is 72.8 Å². The normalized spacial score (nSPS) is 13.8. The molecule has 0 bridgehead atoms. The van der Waals surface area contributed by atoms with Crippen LogP contribution in [0.15, 0.2) is 121 Å². The molecule has 46 heavy (non-hydrogen) atoms. The molecule has 2 unspecified atom stereocenters. The van der Waals surface area contributed by atoms with E-state index in [0.717, 1.165) is 10.4 Å². The summed E-state index contributed by atoms with van der Waals surface area (Å²) in [5, 5.41) is 13.4. The standard InChI is InChI=1S/C19H24FIOSi.C19H25FO2Si/c2*1-19(2,3)23(22-15-16(20)14-21,17-10-6-4-7-11-17)18-12-8-5-9-13-18/h4-13,16H,14-15H2,1-3H3;4-13,16,21H,14-15H2,1-3H3. The Balaban J connectivity index is 0.000000250. The van der Waals surface area contributed by atoms with Crippen LogP contribution >= 0.6 is 22.6 Å². The summed E-state index contributed by atoms with van der Waals surface area (Å²) in [4.78, 5) is 0. The number of halogens is 3. The number of hydrogen-bond donors (Lipinski definition) is 1. The molecule has 0 amide bonds. The Morgan fingerprint density at radius 3 is 1.02 bits per heavy atom. The minimum absolute atomic E-state index is 0.0935. The van der Waals surface area contributed by atoms with Crippen molar-refractivity contribution >= 4 is 60.0 Å². The highest BCUT2D eigenvalue weighted by molar-refractivity contribution is 14.1. The van der Waals surface area contributed by atoms with Crippen LogP contribution in [0.5, 0.6) is 0 Å². The molecule has 0 aliphatic carbocycles. The molecule has 4 rings (SSSR count). The Labute approximate surface area is 290 Å². The van der Waals surface area contributed by atoms with Crippen LogP contribution in [0.4, 0.5) is 8.78 Å². The van der Waals surface area contributed by atoms with Crippen molar-refractivity contribution in [3.63, 3.8) is 0 Å². The average Bonchev–Trinajstić information content (AvgIpc) is 3.06. The zero-order valence-electron chi connectivity index (χ0n) is 27.9. The van der Waals surface area contributed by atoms with E-state index >= 15 is 0 Å². The van der Waals surface area contributed by atoms with Crippen molar-refractivity contribution in [3.8, 4) is 0 Å². The zero-order valence-corrected chi connectivity index (χ0v) is 32.1. The molecular weight excluding hydrogens is 725 g/mol. The number of aliphatic hydroxyl groups excluding tert-OH is 1. The largest absolute Gasteiger partial charge is 0.404 e. The maximum absolute atomic E-state index is 14.0. The summed E-state index contributed by atoms with van der Waals surface area (Å²) in [7, 11) is -5.25. The molecule has 0 saturated heterocycles. The van der Waals surface area contributed by atoms with E-state index in [4.69, 9.17) is 14.0 Å². The van der Waals surface area contributed by atoms with E-state index in [-0.39, 0.29) is 23.3 Å². The van der Waals surface area contributed by atoms with Gasteiger partial charge in [0.15, 0.2) is 0 Å². The molecule has 3 nitrogen and oxygen atoms in total. The molecule has 4 aromatic carbocycles. The van der Waals surface area contributed by atoms with Crippen LogP contribution < -0.4 is 20.7 Å². The van der Waals surface area contributed by atoms with Gasteiger partial charge >= 0.3 is 0 Å². The summed E-state index contributed by atoms with van der Waals surface area (Å²) in [5.41, 5.74) is 0. The molecule has 0 fully saturated rings. The van der Waals surface area contributed by atoms with Gasteiger partial charge in [-0.15, -0.1) is 0 Å². The predicted molar refractivity (Wildman–Crippen MR) is 203 cm³/mol. The summed E-state index contributed by atoms with van der Waals surface area (Å²) in [6.45, 7) is 12.6. The molecule has 0 radical (unpaired) electrons. The van der Waals surface area contributed by atoms with E-state index in [2.05, 4.69) is 113 Å². The van der Waals surface area contributed by atoms with E-state index in [0.29, 0.717) is 4.43 Å². The van der Waals surface area contributed by atoms with E-state index in [1.54, 1.807) is 0 Å². The molecule has 248 valence electrons. The lowest BCUT2D eigenvalue weighted by Crippen LogP contribution is -2.67. The van der Waals surface area contributed by atoms with Gasteiger partial charge in [-0.2, -0.15) is 0 Å². The summed E-state index contributed by atoms with van der Waals surface area (Å²) in [6, 6.07) is 40.9. The van der Waals surface area contributed by atoms with E-state index in [1.165, 1.54) is 10.4 Å². The predicted octanol–water partition coefficient (Wildman–Crippen LogP) is 7.23. The third kappa shape index (κ3) is 9.02. The number of aliphatic hydroxyl groups is 1. The molecule has 4 aromatic rings. The Kier molecular flexibility index (Phi) is 14.3. The topological polar surface area (TPSA) is 38.7 Å². The first-order valence-electron chi connectivity index (χ1n) is 15.8. The van der Waals surface area contributed by atoms with Crippen LogP contribution in [-0.2, 0) is 8.85 Å². The summed E-state index contributed by atoms with van der Waals surface area (Å²) in [5.74, 6) is 0. The van der Waals surface area contributed by atoms with Gasteiger partial charge < -0.3 is 14.0 Å². The van der Waals surface area contributed by atoms with Crippen molar-refractivity contribution in [3.05, 3.63) is 121 Å². The van der Waals surface area contributed by atoms with Gasteiger partial charge in [-0.05, 0) is 30.8 Å². The van der Waals surface area contributed by atoms with Gasteiger partial charge in [-0.25, -0.2) is 8.78 Å². The van der Waals surface area contributed by atoms with E-state index < -0.39 is 35.6 Å². The maximum atomic E-state index is 14.0. The first kappa shape index (κ1) is 38.2. The second-order valence-corrected chi connectivity index (χ2v) is 23.0. The SMILES string of the molecule is CC(C)(C)[Si](OCC(F)CI)(c1ccccc1)c1ccccc1.CC(C)(C)[Si](OCC(F)CO)(c1ccccc1)c1ccccc1. The maximum Gasteiger partial charge on any atom is 0.261 e. The van der Waals surface area contributed by atoms with Gasteiger partial charge in [0.05, 0.1) is 19.8 Å². The Morgan fingerprint density at radius 1 is 0.543 bits per heavy atom. The minimum atomic E-state index is -2.68. The van der Waals surface area contributed by atoms with Crippen molar-refractivity contribution in [1.29, 1.82) is 0 Å². The second kappa shape index (κ2) is 17.3. The van der Waals surface area contributed by atoms with Crippen LogP contribution in [0.3, 0.4) is 0 Å². The first-order valence-corrected chi connectivity index (χ1v) is 21.1. The van der Waals surface area contributed by atoms with Crippen molar-refractivity contribution in [2.75, 3.05) is 24.2 Å². The van der Waals surface area contributed by atoms with Gasteiger partial charge in [-0.3, -0.25) is 0 Å². The van der Waals surface area contributed by atoms with Gasteiger partial charge in [0.25, 0.3) is 16.6 Å². The Morgan fingerprint density at radius 2 is 0.804 bits per heavy atom. The molecule has 0 saturated carbocycles. The minimum Gasteiger partial charge on any atom is -0.404 e. The van der Waals surface area contributed by atoms with Crippen LogP contribution in [-0.4, -0.2) is 58.3 Å². The molecule has 8 heteroatoms. The van der Waals surface area contributed by atoms with Crippen molar-refractivity contribution in [2.24, 2.45) is 0 Å². The van der Waals surface area contributed by atoms with Crippen LogP contribution in [0.1, 0.15) is 41.5 Å². The zero-order chi connectivity index (χ0) is 33.8. The lowest BCUT2D eigenvalue weighted by Gasteiger charge is -2.43. The third-order valence-corrected chi connectivity index (χ3v) is 19.1. The Hall–Kier alpha value is -2.22. The molecule has 0 aromatic heterocycles. The first-order chi connectivity index (χ1) is 21.8. The highest BCUT2D eigenvalue weighted by Crippen LogP contribution is 2.38. The monoisotopic (exact) mass is 774 g/mol. The lowest BCUT2D eigenvalue weighted by atomic mass is 10.2. The van der Waals surface area contributed by atoms with Crippen LogP contribution in [0, 0.1) is 0 Å². The van der Waals surface area contributed by atoms with Gasteiger partial charge in [-0.1, -0.05) is 185 Å². The summed E-state index contributed by atoms with van der Waals surface area (Å²) >= 11 is 2.08. The van der Waals surface area contributed by atoms with Crippen molar-refractivity contribution in [2.45, 2.75) is 64.0 Å². The van der Waals surface area contributed by atoms with Crippen LogP contribution in [0.25, 0.3) is 0 Å². The molecule has 0 heterocycles. The number of alkyl halides is 3. The number of hydrogen-bond acceptors (Lipinski definition) is 3.